The summed E-state index contributed by atoms with van der Waals surface area (Å²) >= 11 is 0. The van der Waals surface area contributed by atoms with E-state index < -0.39 is 0 Å². The Bertz CT molecular complexity index is 854. The van der Waals surface area contributed by atoms with Crippen LogP contribution in [0.15, 0.2) is 41.3 Å². The van der Waals surface area contributed by atoms with Crippen molar-refractivity contribution in [3.63, 3.8) is 0 Å². The molecule has 0 atom stereocenters. The lowest BCUT2D eigenvalue weighted by molar-refractivity contribution is -0.133. The van der Waals surface area contributed by atoms with Crippen molar-refractivity contribution in [1.29, 1.82) is 0 Å². The number of anilines is 1. The van der Waals surface area contributed by atoms with E-state index in [-0.39, 0.29) is 24.1 Å². The number of rotatable bonds is 5. The highest BCUT2D eigenvalue weighted by molar-refractivity contribution is 5.76. The van der Waals surface area contributed by atoms with Gasteiger partial charge in [-0.2, -0.15) is 5.10 Å². The normalized spacial score (nSPS) is 14.9. The van der Waals surface area contributed by atoms with Crippen LogP contribution >= 0.6 is 0 Å². The van der Waals surface area contributed by atoms with Crippen LogP contribution in [0.3, 0.4) is 0 Å². The molecule has 1 aromatic carbocycles. The van der Waals surface area contributed by atoms with Gasteiger partial charge in [-0.1, -0.05) is 12.1 Å². The average molecular weight is 370 g/mol. The number of aromatic nitrogens is 2. The topological polar surface area (TPSA) is 67.7 Å². The average Bonchev–Trinajstić information content (AvgIpc) is 2.64. The molecular weight excluding hydrogens is 344 g/mol. The third kappa shape index (κ3) is 4.87. The minimum atomic E-state index is -0.271. The van der Waals surface area contributed by atoms with Crippen LogP contribution in [0.5, 0.6) is 5.75 Å². The van der Waals surface area contributed by atoms with E-state index in [4.69, 9.17) is 4.74 Å². The predicted octanol–water partition coefficient (Wildman–Crippen LogP) is 1.69. The van der Waals surface area contributed by atoms with Gasteiger partial charge in [-0.15, -0.1) is 0 Å². The number of carbonyl (C=O) groups excluding carboxylic acids is 1. The van der Waals surface area contributed by atoms with Crippen LogP contribution in [-0.2, 0) is 11.3 Å². The molecule has 1 amide bonds. The fourth-order valence-electron chi connectivity index (χ4n) is 3.12. The van der Waals surface area contributed by atoms with Gasteiger partial charge < -0.3 is 14.5 Å². The highest BCUT2D eigenvalue weighted by Crippen LogP contribution is 2.20. The largest absolute Gasteiger partial charge is 0.490 e. The Balaban J connectivity index is 1.53. The molecule has 1 aromatic heterocycles. The Labute approximate surface area is 159 Å². The molecule has 0 radical (unpaired) electrons. The van der Waals surface area contributed by atoms with Gasteiger partial charge in [0.2, 0.25) is 5.91 Å². The molecule has 0 aliphatic carbocycles. The lowest BCUT2D eigenvalue weighted by Crippen LogP contribution is -2.44. The fraction of sp³-hybridized carbons (Fsp3) is 0.450. The fourth-order valence-corrected chi connectivity index (χ4v) is 3.12. The monoisotopic (exact) mass is 370 g/mol. The molecule has 1 aliphatic heterocycles. The molecule has 3 rings (SSSR count). The van der Waals surface area contributed by atoms with Crippen LogP contribution in [0.4, 0.5) is 5.69 Å². The van der Waals surface area contributed by atoms with Gasteiger partial charge in [0.15, 0.2) is 0 Å². The van der Waals surface area contributed by atoms with Crippen molar-refractivity contribution in [1.82, 2.24) is 14.7 Å². The first-order chi connectivity index (χ1) is 12.9. The Kier molecular flexibility index (Phi) is 5.78. The Morgan fingerprint density at radius 3 is 2.63 bits per heavy atom. The number of hydrogen-bond donors (Lipinski definition) is 0. The molecule has 0 unspecified atom stereocenters. The second kappa shape index (κ2) is 8.24. The Morgan fingerprint density at radius 1 is 1.26 bits per heavy atom. The number of ether oxygens (including phenoxy) is 1. The summed E-state index contributed by atoms with van der Waals surface area (Å²) in [5, 5.41) is 4.10. The van der Waals surface area contributed by atoms with Crippen LogP contribution < -0.4 is 15.2 Å². The SMILES string of the molecule is Cc1cccc(OC2CCN(C(=O)Cn3ncc(N(C)C)cc3=O)CC2)c1. The zero-order valence-corrected chi connectivity index (χ0v) is 16.1. The van der Waals surface area contributed by atoms with Gasteiger partial charge in [-0.3, -0.25) is 9.59 Å². The number of carbonyl (C=O) groups is 1. The summed E-state index contributed by atoms with van der Waals surface area (Å²) < 4.78 is 7.24. The molecule has 0 N–H and O–H groups in total. The number of piperidine rings is 1. The summed E-state index contributed by atoms with van der Waals surface area (Å²) in [6.07, 6.45) is 3.26. The Hall–Kier alpha value is -2.83. The van der Waals surface area contributed by atoms with Gasteiger partial charge >= 0.3 is 0 Å². The van der Waals surface area contributed by atoms with Crippen molar-refractivity contribution < 1.29 is 9.53 Å². The summed E-state index contributed by atoms with van der Waals surface area (Å²) in [6.45, 7) is 3.25. The minimum absolute atomic E-state index is 0.0318. The van der Waals surface area contributed by atoms with Crippen molar-refractivity contribution in [3.05, 3.63) is 52.4 Å². The molecule has 0 spiro atoms. The number of likely N-dealkylation sites (tertiary alicyclic amines) is 1. The van der Waals surface area contributed by atoms with Crippen molar-refractivity contribution in [2.24, 2.45) is 0 Å². The quantitative estimate of drug-likeness (QED) is 0.801. The third-order valence-electron chi connectivity index (χ3n) is 4.74. The van der Waals surface area contributed by atoms with E-state index in [1.165, 1.54) is 16.3 Å². The number of aryl methyl sites for hydroxylation is 1. The van der Waals surface area contributed by atoms with Gasteiger partial charge in [-0.25, -0.2) is 4.68 Å². The maximum Gasteiger partial charge on any atom is 0.269 e. The number of benzene rings is 1. The highest BCUT2D eigenvalue weighted by Gasteiger charge is 2.24. The first-order valence-corrected chi connectivity index (χ1v) is 9.18. The summed E-state index contributed by atoms with van der Waals surface area (Å²) in [7, 11) is 3.68. The molecule has 1 aliphatic rings. The van der Waals surface area contributed by atoms with Gasteiger partial charge in [0.1, 0.15) is 18.4 Å². The number of hydrogen-bond acceptors (Lipinski definition) is 5. The second-order valence-corrected chi connectivity index (χ2v) is 7.12. The van der Waals surface area contributed by atoms with E-state index in [0.29, 0.717) is 13.1 Å². The van der Waals surface area contributed by atoms with Crippen molar-refractivity contribution in [3.8, 4) is 5.75 Å². The number of nitrogens with zero attached hydrogens (tertiary/aromatic N) is 4. The molecule has 2 heterocycles. The molecule has 1 fully saturated rings. The van der Waals surface area contributed by atoms with E-state index >= 15 is 0 Å². The molecule has 1 saturated heterocycles. The molecule has 2 aromatic rings. The van der Waals surface area contributed by atoms with Crippen molar-refractivity contribution in [2.45, 2.75) is 32.4 Å². The van der Waals surface area contributed by atoms with Gasteiger partial charge in [0.05, 0.1) is 11.9 Å². The third-order valence-corrected chi connectivity index (χ3v) is 4.74. The van der Waals surface area contributed by atoms with Gasteiger partial charge in [-0.05, 0) is 24.6 Å². The van der Waals surface area contributed by atoms with Crippen LogP contribution in [0, 0.1) is 6.92 Å². The van der Waals surface area contributed by atoms with E-state index in [9.17, 15) is 9.59 Å². The summed E-state index contributed by atoms with van der Waals surface area (Å²) in [4.78, 5) is 28.2. The van der Waals surface area contributed by atoms with Gasteiger partial charge in [0.25, 0.3) is 5.56 Å². The molecule has 27 heavy (non-hydrogen) atoms. The first kappa shape index (κ1) is 18.9. The first-order valence-electron chi connectivity index (χ1n) is 9.18. The van der Waals surface area contributed by atoms with Crippen molar-refractivity contribution in [2.75, 3.05) is 32.1 Å². The van der Waals surface area contributed by atoms with E-state index in [2.05, 4.69) is 5.10 Å². The lowest BCUT2D eigenvalue weighted by atomic mass is 10.1. The lowest BCUT2D eigenvalue weighted by Gasteiger charge is -2.32. The zero-order valence-electron chi connectivity index (χ0n) is 16.1. The molecule has 7 nitrogen and oxygen atoms in total. The minimum Gasteiger partial charge on any atom is -0.490 e. The smallest absolute Gasteiger partial charge is 0.269 e. The molecule has 0 saturated carbocycles. The Morgan fingerprint density at radius 2 is 2.00 bits per heavy atom. The summed E-state index contributed by atoms with van der Waals surface area (Å²) in [5.41, 5.74) is 1.61. The van der Waals surface area contributed by atoms with E-state index in [0.717, 1.165) is 24.3 Å². The standard InChI is InChI=1S/C20H26N4O3/c1-15-5-4-6-18(11-15)27-17-7-9-23(10-8-17)20(26)14-24-19(25)12-16(13-21-24)22(2)3/h4-6,11-13,17H,7-10,14H2,1-3H3. The van der Waals surface area contributed by atoms with Gasteiger partial charge in [0, 0.05) is 46.1 Å². The van der Waals surface area contributed by atoms with Crippen LogP contribution in [0.25, 0.3) is 0 Å². The van der Waals surface area contributed by atoms with Crippen LogP contribution in [0.1, 0.15) is 18.4 Å². The number of amides is 1. The molecule has 144 valence electrons. The van der Waals surface area contributed by atoms with E-state index in [1.54, 1.807) is 16.0 Å². The second-order valence-electron chi connectivity index (χ2n) is 7.12. The predicted molar refractivity (Wildman–Crippen MR) is 104 cm³/mol. The highest BCUT2D eigenvalue weighted by atomic mass is 16.5. The maximum absolute atomic E-state index is 12.5. The zero-order chi connectivity index (χ0) is 19.4. The molecule has 0 bridgehead atoms. The van der Waals surface area contributed by atoms with Crippen molar-refractivity contribution >= 4 is 11.6 Å². The van der Waals surface area contributed by atoms with E-state index in [1.807, 2.05) is 45.3 Å². The molecular formula is C20H26N4O3. The maximum atomic E-state index is 12.5. The summed E-state index contributed by atoms with van der Waals surface area (Å²) in [5.74, 6) is 0.785. The van der Waals surface area contributed by atoms with Crippen LogP contribution in [-0.4, -0.2) is 53.9 Å². The summed E-state index contributed by atoms with van der Waals surface area (Å²) in [6, 6.07) is 9.49. The van der Waals surface area contributed by atoms with Crippen LogP contribution in [0.2, 0.25) is 0 Å². The molecule has 7 heteroatoms.